The number of ether oxygens (including phenoxy) is 2. The van der Waals surface area contributed by atoms with E-state index in [4.69, 9.17) is 17.0 Å². The van der Waals surface area contributed by atoms with Crippen LogP contribution in [0.5, 0.6) is 11.5 Å². The Balaban J connectivity index is 1.99. The van der Waals surface area contributed by atoms with Gasteiger partial charge in [-0.15, -0.1) is 0 Å². The van der Waals surface area contributed by atoms with Gasteiger partial charge in [0.15, 0.2) is 16.6 Å². The van der Waals surface area contributed by atoms with E-state index in [1.807, 2.05) is 32.0 Å². The number of benzene rings is 2. The maximum atomic E-state index is 12.3. The number of hydrogen-bond donors (Lipinski definition) is 2. The molecule has 2 aromatic rings. The van der Waals surface area contributed by atoms with E-state index in [-0.39, 0.29) is 11.5 Å². The van der Waals surface area contributed by atoms with Gasteiger partial charge in [0.25, 0.3) is 0 Å². The topological polar surface area (TPSA) is 54.9 Å². The third-order valence-corrected chi connectivity index (χ3v) is 3.83. The third kappa shape index (κ3) is 5.38. The van der Waals surface area contributed by atoms with Gasteiger partial charge in [-0.3, -0.25) is 5.43 Å². The number of nitrogens with zero attached hydrogens (tertiary/aromatic N) is 1. The number of hydrazone groups is 1. The molecule has 26 heavy (non-hydrogen) atoms. The first-order valence-corrected chi connectivity index (χ1v) is 8.10. The Morgan fingerprint density at radius 2 is 1.96 bits per heavy atom. The van der Waals surface area contributed by atoms with Gasteiger partial charge >= 0.3 is 6.61 Å². The molecule has 0 heterocycles. The minimum absolute atomic E-state index is 0.0419. The van der Waals surface area contributed by atoms with E-state index in [9.17, 15) is 8.78 Å². The SMILES string of the molecule is COc1cc(/C=N\NC(=S)Nc2cccc(C)c2C)ccc1OC(F)F. The standard InChI is InChI=1S/C18H19F2N3O2S/c1-11-5-4-6-14(12(11)2)22-18(26)23-21-10-13-7-8-15(25-17(19)20)16(9-13)24-3/h4-10,17H,1-3H3,(H2,22,23,26)/b21-10-. The van der Waals surface area contributed by atoms with Crippen LogP contribution in [0.1, 0.15) is 16.7 Å². The number of hydrogen-bond acceptors (Lipinski definition) is 4. The molecule has 0 spiro atoms. The fourth-order valence-electron chi connectivity index (χ4n) is 2.16. The molecule has 2 aromatic carbocycles. The van der Waals surface area contributed by atoms with Crippen LogP contribution in [0, 0.1) is 13.8 Å². The van der Waals surface area contributed by atoms with Crippen molar-refractivity contribution in [1.82, 2.24) is 5.43 Å². The maximum Gasteiger partial charge on any atom is 0.387 e. The fraction of sp³-hybridized carbons (Fsp3) is 0.222. The molecule has 0 aromatic heterocycles. The second-order valence-corrected chi connectivity index (χ2v) is 5.77. The second-order valence-electron chi connectivity index (χ2n) is 5.36. The summed E-state index contributed by atoms with van der Waals surface area (Å²) in [5.74, 6) is 0.144. The molecule has 0 aliphatic carbocycles. The third-order valence-electron chi connectivity index (χ3n) is 3.64. The van der Waals surface area contributed by atoms with Crippen LogP contribution in [0.15, 0.2) is 41.5 Å². The van der Waals surface area contributed by atoms with Gasteiger partial charge in [0.05, 0.1) is 13.3 Å². The summed E-state index contributed by atoms with van der Waals surface area (Å²) in [5.41, 5.74) is 6.48. The Hall–Kier alpha value is -2.74. The van der Waals surface area contributed by atoms with E-state index < -0.39 is 6.61 Å². The van der Waals surface area contributed by atoms with Crippen molar-refractivity contribution in [2.24, 2.45) is 5.10 Å². The molecule has 0 aliphatic rings. The number of alkyl halides is 2. The van der Waals surface area contributed by atoms with Crippen LogP contribution < -0.4 is 20.2 Å². The molecule has 0 atom stereocenters. The van der Waals surface area contributed by atoms with Crippen LogP contribution in [0.3, 0.4) is 0 Å². The van der Waals surface area contributed by atoms with Gasteiger partial charge < -0.3 is 14.8 Å². The molecule has 8 heteroatoms. The number of nitrogens with one attached hydrogen (secondary N) is 2. The number of rotatable bonds is 6. The highest BCUT2D eigenvalue weighted by Gasteiger charge is 2.10. The van der Waals surface area contributed by atoms with Crippen molar-refractivity contribution >= 4 is 29.2 Å². The van der Waals surface area contributed by atoms with Crippen LogP contribution >= 0.6 is 12.2 Å². The molecular formula is C18H19F2N3O2S. The lowest BCUT2D eigenvalue weighted by molar-refractivity contribution is -0.0512. The van der Waals surface area contributed by atoms with E-state index in [2.05, 4.69) is 20.6 Å². The van der Waals surface area contributed by atoms with Crippen molar-refractivity contribution in [3.8, 4) is 11.5 Å². The summed E-state index contributed by atoms with van der Waals surface area (Å²) >= 11 is 5.21. The highest BCUT2D eigenvalue weighted by molar-refractivity contribution is 7.80. The first-order valence-electron chi connectivity index (χ1n) is 7.70. The van der Waals surface area contributed by atoms with Crippen LogP contribution in [-0.4, -0.2) is 25.0 Å². The number of anilines is 1. The highest BCUT2D eigenvalue weighted by atomic mass is 32.1. The Kier molecular flexibility index (Phi) is 6.85. The van der Waals surface area contributed by atoms with E-state index >= 15 is 0 Å². The number of aryl methyl sites for hydroxylation is 1. The van der Waals surface area contributed by atoms with Crippen LogP contribution in [0.2, 0.25) is 0 Å². The number of methoxy groups -OCH3 is 1. The lowest BCUT2D eigenvalue weighted by Crippen LogP contribution is -2.24. The number of thiocarbonyl (C=S) groups is 1. The van der Waals surface area contributed by atoms with Crippen molar-refractivity contribution in [1.29, 1.82) is 0 Å². The van der Waals surface area contributed by atoms with Crippen LogP contribution in [-0.2, 0) is 0 Å². The van der Waals surface area contributed by atoms with Crippen LogP contribution in [0.4, 0.5) is 14.5 Å². The van der Waals surface area contributed by atoms with Crippen molar-refractivity contribution in [3.63, 3.8) is 0 Å². The molecule has 0 fully saturated rings. The van der Waals surface area contributed by atoms with Crippen molar-refractivity contribution in [2.75, 3.05) is 12.4 Å². The summed E-state index contributed by atoms with van der Waals surface area (Å²) in [4.78, 5) is 0. The summed E-state index contributed by atoms with van der Waals surface area (Å²) in [5, 5.41) is 7.43. The molecular weight excluding hydrogens is 360 g/mol. The van der Waals surface area contributed by atoms with Crippen LogP contribution in [0.25, 0.3) is 0 Å². The van der Waals surface area contributed by atoms with E-state index in [0.717, 1.165) is 16.8 Å². The zero-order chi connectivity index (χ0) is 19.1. The average Bonchev–Trinajstić information content (AvgIpc) is 2.59. The van der Waals surface area contributed by atoms with Gasteiger partial charge in [0.1, 0.15) is 0 Å². The molecule has 0 unspecified atom stereocenters. The molecule has 2 N–H and O–H groups in total. The monoisotopic (exact) mass is 379 g/mol. The Morgan fingerprint density at radius 3 is 2.65 bits per heavy atom. The lowest BCUT2D eigenvalue weighted by atomic mass is 10.1. The largest absolute Gasteiger partial charge is 0.493 e. The Labute approximate surface area is 156 Å². The van der Waals surface area contributed by atoms with Gasteiger partial charge in [-0.2, -0.15) is 13.9 Å². The molecule has 0 aliphatic heterocycles. The smallest absolute Gasteiger partial charge is 0.387 e. The van der Waals surface area contributed by atoms with Gasteiger partial charge in [-0.25, -0.2) is 0 Å². The quantitative estimate of drug-likeness (QED) is 0.447. The minimum Gasteiger partial charge on any atom is -0.493 e. The minimum atomic E-state index is -2.92. The summed E-state index contributed by atoms with van der Waals surface area (Å²) < 4.78 is 34.1. The molecule has 5 nitrogen and oxygen atoms in total. The number of halogens is 2. The molecule has 0 bridgehead atoms. The normalized spacial score (nSPS) is 10.8. The first-order chi connectivity index (χ1) is 12.4. The van der Waals surface area contributed by atoms with E-state index in [0.29, 0.717) is 10.7 Å². The Bertz CT molecular complexity index is 813. The van der Waals surface area contributed by atoms with Crippen molar-refractivity contribution in [3.05, 3.63) is 53.1 Å². The second kappa shape index (κ2) is 9.10. The van der Waals surface area contributed by atoms with Crippen molar-refractivity contribution in [2.45, 2.75) is 20.5 Å². The first kappa shape index (κ1) is 19.6. The summed E-state index contributed by atoms with van der Waals surface area (Å²) in [7, 11) is 1.37. The molecule has 2 rings (SSSR count). The summed E-state index contributed by atoms with van der Waals surface area (Å²) in [6.45, 7) is 1.10. The maximum absolute atomic E-state index is 12.3. The zero-order valence-electron chi connectivity index (χ0n) is 14.5. The summed E-state index contributed by atoms with van der Waals surface area (Å²) in [6, 6.07) is 10.4. The molecule has 0 saturated carbocycles. The van der Waals surface area contributed by atoms with Gasteiger partial charge in [-0.05, 0) is 67.0 Å². The molecule has 138 valence electrons. The van der Waals surface area contributed by atoms with Crippen molar-refractivity contribution < 1.29 is 18.3 Å². The van der Waals surface area contributed by atoms with Gasteiger partial charge in [-0.1, -0.05) is 12.1 Å². The molecule has 0 saturated heterocycles. The predicted octanol–water partition coefficient (Wildman–Crippen LogP) is 4.23. The van der Waals surface area contributed by atoms with E-state index in [1.165, 1.54) is 25.5 Å². The fourth-order valence-corrected chi connectivity index (χ4v) is 2.32. The van der Waals surface area contributed by atoms with E-state index in [1.54, 1.807) is 6.07 Å². The average molecular weight is 379 g/mol. The zero-order valence-corrected chi connectivity index (χ0v) is 15.4. The van der Waals surface area contributed by atoms with Gasteiger partial charge in [0.2, 0.25) is 0 Å². The molecule has 0 radical (unpaired) electrons. The highest BCUT2D eigenvalue weighted by Crippen LogP contribution is 2.28. The molecule has 0 amide bonds. The van der Waals surface area contributed by atoms with Gasteiger partial charge in [0, 0.05) is 5.69 Å². The lowest BCUT2D eigenvalue weighted by Gasteiger charge is -2.11. The predicted molar refractivity (Wildman–Crippen MR) is 102 cm³/mol. The Morgan fingerprint density at radius 1 is 1.19 bits per heavy atom. The summed E-state index contributed by atoms with van der Waals surface area (Å²) in [6.07, 6.45) is 1.49.